The van der Waals surface area contributed by atoms with Crippen molar-refractivity contribution < 1.29 is 13.5 Å². The van der Waals surface area contributed by atoms with Gasteiger partial charge in [0.2, 0.25) is 16.0 Å². The fourth-order valence-corrected chi connectivity index (χ4v) is 5.14. The highest BCUT2D eigenvalue weighted by Gasteiger charge is 2.24. The van der Waals surface area contributed by atoms with Crippen LogP contribution in [-0.2, 0) is 10.0 Å². The number of hydrogen-bond donors (Lipinski definition) is 4. The third-order valence-corrected chi connectivity index (χ3v) is 7.77. The minimum Gasteiger partial charge on any atom is -0.393 e. The SMILES string of the molecule is CNS(=O)(=O)c1ccc(Nc2nc(N3CCC(O)CC3)c3c(-c4cccc(Cl)c4)c[nH]c3n2)cc1. The standard InChI is InChI=1S/C24H25ClN6O3S/c1-26-35(33,34)19-7-5-17(6-8-19)28-24-29-22-21(23(30-24)31-11-9-18(32)10-12-31)20(14-27-22)15-3-2-4-16(25)13-15/h2-8,13-14,18,26,32H,9-12H2,1H3,(H2,27,28,29,30). The first-order chi connectivity index (χ1) is 16.8. The Bertz CT molecular complexity index is 1460. The lowest BCUT2D eigenvalue weighted by atomic mass is 10.0. The average molecular weight is 513 g/mol. The highest BCUT2D eigenvalue weighted by atomic mass is 35.5. The number of nitrogens with one attached hydrogen (secondary N) is 3. The molecule has 1 aliphatic heterocycles. The molecule has 2 aromatic carbocycles. The second kappa shape index (κ2) is 9.46. The summed E-state index contributed by atoms with van der Waals surface area (Å²) < 4.78 is 26.3. The number of nitrogens with zero attached hydrogens (tertiary/aromatic N) is 3. The lowest BCUT2D eigenvalue weighted by Gasteiger charge is -2.31. The summed E-state index contributed by atoms with van der Waals surface area (Å²) in [6.45, 7) is 1.34. The fraction of sp³-hybridized carbons (Fsp3) is 0.250. The van der Waals surface area contributed by atoms with Crippen LogP contribution in [0, 0.1) is 0 Å². The van der Waals surface area contributed by atoms with Gasteiger partial charge in [-0.3, -0.25) is 0 Å². The number of fused-ring (bicyclic) bond motifs is 1. The number of aromatic amines is 1. The molecule has 1 fully saturated rings. The molecule has 5 rings (SSSR count). The molecule has 1 aliphatic rings. The number of benzene rings is 2. The van der Waals surface area contributed by atoms with Gasteiger partial charge in [0.25, 0.3) is 0 Å². The molecule has 35 heavy (non-hydrogen) atoms. The first kappa shape index (κ1) is 23.6. The van der Waals surface area contributed by atoms with E-state index in [4.69, 9.17) is 16.6 Å². The quantitative estimate of drug-likeness (QED) is 0.309. The highest BCUT2D eigenvalue weighted by Crippen LogP contribution is 2.37. The van der Waals surface area contributed by atoms with Crippen molar-refractivity contribution >= 4 is 50.1 Å². The zero-order valence-corrected chi connectivity index (χ0v) is 20.6. The van der Waals surface area contributed by atoms with Crippen molar-refractivity contribution in [3.63, 3.8) is 0 Å². The van der Waals surface area contributed by atoms with E-state index in [0.29, 0.717) is 48.2 Å². The van der Waals surface area contributed by atoms with Crippen molar-refractivity contribution in [3.8, 4) is 11.1 Å². The molecule has 0 radical (unpaired) electrons. The molecule has 0 spiro atoms. The van der Waals surface area contributed by atoms with E-state index in [1.165, 1.54) is 19.2 Å². The van der Waals surface area contributed by atoms with Crippen molar-refractivity contribution in [2.75, 3.05) is 30.4 Å². The van der Waals surface area contributed by atoms with E-state index < -0.39 is 10.0 Å². The summed E-state index contributed by atoms with van der Waals surface area (Å²) in [6, 6.07) is 14.0. The van der Waals surface area contributed by atoms with E-state index in [-0.39, 0.29) is 11.0 Å². The van der Waals surface area contributed by atoms with Crippen molar-refractivity contribution in [1.29, 1.82) is 0 Å². The van der Waals surface area contributed by atoms with Crippen LogP contribution in [-0.4, -0.2) is 54.7 Å². The second-order valence-electron chi connectivity index (χ2n) is 8.38. The van der Waals surface area contributed by atoms with Crippen LogP contribution < -0.4 is 14.9 Å². The van der Waals surface area contributed by atoms with Gasteiger partial charge in [-0.05, 0) is 61.9 Å². The van der Waals surface area contributed by atoms with Crippen LogP contribution in [0.4, 0.5) is 17.5 Å². The van der Waals surface area contributed by atoms with Gasteiger partial charge in [0.1, 0.15) is 11.5 Å². The highest BCUT2D eigenvalue weighted by molar-refractivity contribution is 7.89. The Morgan fingerprint density at radius 3 is 2.54 bits per heavy atom. The number of piperidine rings is 1. The maximum atomic E-state index is 12.0. The third-order valence-electron chi connectivity index (χ3n) is 6.10. The van der Waals surface area contributed by atoms with E-state index in [1.54, 1.807) is 12.1 Å². The Balaban J connectivity index is 1.56. The van der Waals surface area contributed by atoms with E-state index in [1.807, 2.05) is 30.5 Å². The predicted octanol–water partition coefficient (Wildman–Crippen LogP) is 3.89. The smallest absolute Gasteiger partial charge is 0.240 e. The molecule has 0 aliphatic carbocycles. The Hall–Kier alpha value is -3.18. The van der Waals surface area contributed by atoms with Gasteiger partial charge in [0, 0.05) is 35.6 Å². The van der Waals surface area contributed by atoms with E-state index >= 15 is 0 Å². The van der Waals surface area contributed by atoms with Crippen LogP contribution in [0.5, 0.6) is 0 Å². The normalized spacial score (nSPS) is 15.0. The van der Waals surface area contributed by atoms with Gasteiger partial charge in [0.05, 0.1) is 16.4 Å². The molecule has 0 bridgehead atoms. The molecule has 1 saturated heterocycles. The van der Waals surface area contributed by atoms with Gasteiger partial charge in [-0.25, -0.2) is 13.1 Å². The topological polar surface area (TPSA) is 123 Å². The summed E-state index contributed by atoms with van der Waals surface area (Å²) in [5, 5.41) is 14.7. The Labute approximate surface area is 208 Å². The van der Waals surface area contributed by atoms with Crippen LogP contribution in [0.25, 0.3) is 22.2 Å². The number of aliphatic hydroxyl groups excluding tert-OH is 1. The van der Waals surface area contributed by atoms with E-state index in [9.17, 15) is 13.5 Å². The van der Waals surface area contributed by atoms with Crippen LogP contribution in [0.15, 0.2) is 59.6 Å². The molecule has 11 heteroatoms. The first-order valence-corrected chi connectivity index (χ1v) is 13.1. The van der Waals surface area contributed by atoms with E-state index in [2.05, 4.69) is 24.9 Å². The number of hydrogen-bond acceptors (Lipinski definition) is 7. The molecular formula is C24H25ClN6O3S. The first-order valence-electron chi connectivity index (χ1n) is 11.2. The Kier molecular flexibility index (Phi) is 6.37. The molecule has 0 saturated carbocycles. The Morgan fingerprint density at radius 2 is 1.86 bits per heavy atom. The van der Waals surface area contributed by atoms with Crippen LogP contribution in [0.1, 0.15) is 12.8 Å². The van der Waals surface area contributed by atoms with Gasteiger partial charge in [-0.2, -0.15) is 9.97 Å². The molecular weight excluding hydrogens is 488 g/mol. The van der Waals surface area contributed by atoms with E-state index in [0.717, 1.165) is 22.3 Å². The number of aliphatic hydroxyl groups is 1. The number of aromatic nitrogens is 3. The lowest BCUT2D eigenvalue weighted by molar-refractivity contribution is 0.145. The molecule has 0 atom stereocenters. The molecule has 3 heterocycles. The molecule has 2 aromatic heterocycles. The lowest BCUT2D eigenvalue weighted by Crippen LogP contribution is -2.36. The summed E-state index contributed by atoms with van der Waals surface area (Å²) in [7, 11) is -2.14. The summed E-state index contributed by atoms with van der Waals surface area (Å²) >= 11 is 6.25. The van der Waals surface area contributed by atoms with Crippen molar-refractivity contribution in [1.82, 2.24) is 19.7 Å². The molecule has 0 unspecified atom stereocenters. The molecule has 4 N–H and O–H groups in total. The second-order valence-corrected chi connectivity index (χ2v) is 10.7. The van der Waals surface area contributed by atoms with Crippen LogP contribution in [0.2, 0.25) is 5.02 Å². The zero-order valence-electron chi connectivity index (χ0n) is 19.0. The van der Waals surface area contributed by atoms with Gasteiger partial charge in [-0.1, -0.05) is 23.7 Å². The van der Waals surface area contributed by atoms with Crippen LogP contribution in [0.3, 0.4) is 0 Å². The molecule has 4 aromatic rings. The van der Waals surface area contributed by atoms with Gasteiger partial charge >= 0.3 is 0 Å². The largest absolute Gasteiger partial charge is 0.393 e. The van der Waals surface area contributed by atoms with Crippen molar-refractivity contribution in [3.05, 3.63) is 59.8 Å². The van der Waals surface area contributed by atoms with Gasteiger partial charge < -0.3 is 20.3 Å². The van der Waals surface area contributed by atoms with Gasteiger partial charge in [-0.15, -0.1) is 0 Å². The van der Waals surface area contributed by atoms with Crippen LogP contribution >= 0.6 is 11.6 Å². The summed E-state index contributed by atoms with van der Waals surface area (Å²) in [5.74, 6) is 1.14. The van der Waals surface area contributed by atoms with Crippen molar-refractivity contribution in [2.45, 2.75) is 23.8 Å². The Morgan fingerprint density at radius 1 is 1.11 bits per heavy atom. The summed E-state index contributed by atoms with van der Waals surface area (Å²) in [5.41, 5.74) is 3.21. The third kappa shape index (κ3) is 4.83. The minimum absolute atomic E-state index is 0.171. The maximum absolute atomic E-state index is 12.0. The predicted molar refractivity (Wildman–Crippen MR) is 138 cm³/mol. The number of halogens is 1. The number of rotatable bonds is 6. The average Bonchev–Trinajstić information content (AvgIpc) is 3.28. The van der Waals surface area contributed by atoms with Crippen molar-refractivity contribution in [2.24, 2.45) is 0 Å². The summed E-state index contributed by atoms with van der Waals surface area (Å²) in [6.07, 6.45) is 2.90. The molecule has 182 valence electrons. The number of sulfonamides is 1. The molecule has 0 amide bonds. The monoisotopic (exact) mass is 512 g/mol. The zero-order chi connectivity index (χ0) is 24.6. The number of H-pyrrole nitrogens is 1. The molecule has 9 nitrogen and oxygen atoms in total. The number of anilines is 3. The fourth-order valence-electron chi connectivity index (χ4n) is 4.22. The summed E-state index contributed by atoms with van der Waals surface area (Å²) in [4.78, 5) is 15.1. The minimum atomic E-state index is -3.52. The van der Waals surface area contributed by atoms with Gasteiger partial charge in [0.15, 0.2) is 0 Å². The maximum Gasteiger partial charge on any atom is 0.240 e.